The normalized spacial score (nSPS) is 12.3. The van der Waals surface area contributed by atoms with Crippen LogP contribution in [0.5, 0.6) is 5.75 Å². The SMILES string of the molecule is COc1cccc(C(O)C(=O)N(Cc2ccc(C)o2)C(C)C)c1. The second kappa shape index (κ2) is 7.33. The quantitative estimate of drug-likeness (QED) is 0.889. The highest BCUT2D eigenvalue weighted by Crippen LogP contribution is 2.23. The van der Waals surface area contributed by atoms with E-state index in [9.17, 15) is 9.90 Å². The molecule has 1 unspecified atom stereocenters. The van der Waals surface area contributed by atoms with Gasteiger partial charge in [-0.25, -0.2) is 0 Å². The molecule has 0 aliphatic heterocycles. The standard InChI is InChI=1S/C18H23NO4/c1-12(2)19(11-16-9-8-13(3)23-16)18(21)17(20)14-6-5-7-15(10-14)22-4/h5-10,12,17,20H,11H2,1-4H3. The molecular formula is C18H23NO4. The Morgan fingerprint density at radius 3 is 2.61 bits per heavy atom. The van der Waals surface area contributed by atoms with Crippen LogP contribution in [-0.2, 0) is 11.3 Å². The summed E-state index contributed by atoms with van der Waals surface area (Å²) in [7, 11) is 1.55. The molecule has 0 bridgehead atoms. The Balaban J connectivity index is 2.19. The highest BCUT2D eigenvalue weighted by molar-refractivity contribution is 5.82. The second-order valence-electron chi connectivity index (χ2n) is 5.75. The molecule has 0 aliphatic carbocycles. The fraction of sp³-hybridized carbons (Fsp3) is 0.389. The molecule has 124 valence electrons. The Labute approximate surface area is 136 Å². The van der Waals surface area contributed by atoms with Crippen molar-refractivity contribution >= 4 is 5.91 Å². The van der Waals surface area contributed by atoms with Gasteiger partial charge in [0.05, 0.1) is 13.7 Å². The van der Waals surface area contributed by atoms with Gasteiger partial charge >= 0.3 is 0 Å². The van der Waals surface area contributed by atoms with Crippen molar-refractivity contribution in [2.75, 3.05) is 7.11 Å². The number of benzene rings is 1. The number of ether oxygens (including phenoxy) is 1. The monoisotopic (exact) mass is 317 g/mol. The van der Waals surface area contributed by atoms with Crippen molar-refractivity contribution in [3.63, 3.8) is 0 Å². The Morgan fingerprint density at radius 1 is 1.30 bits per heavy atom. The second-order valence-corrected chi connectivity index (χ2v) is 5.75. The number of hydrogen-bond donors (Lipinski definition) is 1. The van der Waals surface area contributed by atoms with Gasteiger partial charge in [-0.1, -0.05) is 12.1 Å². The molecule has 1 aromatic carbocycles. The van der Waals surface area contributed by atoms with Crippen LogP contribution in [0.1, 0.15) is 37.0 Å². The molecule has 5 heteroatoms. The summed E-state index contributed by atoms with van der Waals surface area (Å²) in [6.45, 7) is 6.00. The third kappa shape index (κ3) is 4.13. The Hall–Kier alpha value is -2.27. The van der Waals surface area contributed by atoms with Gasteiger partial charge in [0.1, 0.15) is 17.3 Å². The number of aryl methyl sites for hydroxylation is 1. The summed E-state index contributed by atoms with van der Waals surface area (Å²) in [6, 6.07) is 10.5. The van der Waals surface area contributed by atoms with E-state index >= 15 is 0 Å². The Kier molecular flexibility index (Phi) is 5.45. The fourth-order valence-electron chi connectivity index (χ4n) is 2.36. The van der Waals surface area contributed by atoms with Crippen molar-refractivity contribution in [3.8, 4) is 5.75 Å². The minimum atomic E-state index is -1.23. The number of amides is 1. The van der Waals surface area contributed by atoms with Gasteiger partial charge in [-0.05, 0) is 50.6 Å². The van der Waals surface area contributed by atoms with Crippen molar-refractivity contribution in [1.29, 1.82) is 0 Å². The zero-order valence-electron chi connectivity index (χ0n) is 13.9. The van der Waals surface area contributed by atoms with Crippen LogP contribution in [0.25, 0.3) is 0 Å². The summed E-state index contributed by atoms with van der Waals surface area (Å²) in [6.07, 6.45) is -1.23. The zero-order chi connectivity index (χ0) is 17.0. The number of hydrogen-bond acceptors (Lipinski definition) is 4. The van der Waals surface area contributed by atoms with E-state index < -0.39 is 6.10 Å². The van der Waals surface area contributed by atoms with E-state index in [0.29, 0.717) is 23.6 Å². The van der Waals surface area contributed by atoms with E-state index in [1.54, 1.807) is 36.3 Å². The van der Waals surface area contributed by atoms with Crippen LogP contribution in [0.3, 0.4) is 0 Å². The average Bonchev–Trinajstić information content (AvgIpc) is 2.96. The Bertz CT molecular complexity index is 663. The summed E-state index contributed by atoms with van der Waals surface area (Å²) < 4.78 is 10.7. The lowest BCUT2D eigenvalue weighted by Crippen LogP contribution is -2.39. The molecule has 1 N–H and O–H groups in total. The van der Waals surface area contributed by atoms with Gasteiger partial charge in [-0.3, -0.25) is 4.79 Å². The van der Waals surface area contributed by atoms with Gasteiger partial charge in [-0.2, -0.15) is 0 Å². The highest BCUT2D eigenvalue weighted by atomic mass is 16.5. The van der Waals surface area contributed by atoms with E-state index in [-0.39, 0.29) is 11.9 Å². The molecule has 1 atom stereocenters. The van der Waals surface area contributed by atoms with Crippen molar-refractivity contribution < 1.29 is 19.1 Å². The number of rotatable bonds is 6. The number of aliphatic hydroxyl groups is 1. The minimum Gasteiger partial charge on any atom is -0.497 e. The van der Waals surface area contributed by atoms with Crippen molar-refractivity contribution in [3.05, 3.63) is 53.5 Å². The number of aliphatic hydroxyl groups excluding tert-OH is 1. The third-order valence-corrected chi connectivity index (χ3v) is 3.67. The van der Waals surface area contributed by atoms with Gasteiger partial charge in [0.25, 0.3) is 5.91 Å². The van der Waals surface area contributed by atoms with E-state index in [0.717, 1.165) is 5.76 Å². The molecule has 2 aromatic rings. The number of nitrogens with zero attached hydrogens (tertiary/aromatic N) is 1. The van der Waals surface area contributed by atoms with Crippen LogP contribution in [0, 0.1) is 6.92 Å². The first kappa shape index (κ1) is 17.1. The molecule has 0 saturated carbocycles. The highest BCUT2D eigenvalue weighted by Gasteiger charge is 2.26. The molecule has 5 nitrogen and oxygen atoms in total. The van der Waals surface area contributed by atoms with E-state index in [1.807, 2.05) is 32.9 Å². The fourth-order valence-corrected chi connectivity index (χ4v) is 2.36. The lowest BCUT2D eigenvalue weighted by molar-refractivity contribution is -0.143. The third-order valence-electron chi connectivity index (χ3n) is 3.67. The van der Waals surface area contributed by atoms with Crippen molar-refractivity contribution in [1.82, 2.24) is 4.90 Å². The summed E-state index contributed by atoms with van der Waals surface area (Å²) >= 11 is 0. The lowest BCUT2D eigenvalue weighted by Gasteiger charge is -2.28. The van der Waals surface area contributed by atoms with E-state index in [2.05, 4.69) is 0 Å². The maximum Gasteiger partial charge on any atom is 0.256 e. The smallest absolute Gasteiger partial charge is 0.256 e. The lowest BCUT2D eigenvalue weighted by atomic mass is 10.1. The predicted molar refractivity (Wildman–Crippen MR) is 87.1 cm³/mol. The summed E-state index contributed by atoms with van der Waals surface area (Å²) in [5.74, 6) is 1.74. The van der Waals surface area contributed by atoms with Crippen LogP contribution in [-0.4, -0.2) is 29.1 Å². The molecule has 1 aromatic heterocycles. The first-order valence-electron chi connectivity index (χ1n) is 7.60. The van der Waals surface area contributed by atoms with Crippen LogP contribution >= 0.6 is 0 Å². The van der Waals surface area contributed by atoms with Crippen LogP contribution in [0.4, 0.5) is 0 Å². The van der Waals surface area contributed by atoms with E-state index in [1.165, 1.54) is 0 Å². The summed E-state index contributed by atoms with van der Waals surface area (Å²) in [5, 5.41) is 10.4. The Morgan fingerprint density at radius 2 is 2.04 bits per heavy atom. The number of methoxy groups -OCH3 is 1. The van der Waals surface area contributed by atoms with Crippen molar-refractivity contribution in [2.45, 2.75) is 39.5 Å². The molecule has 0 saturated heterocycles. The molecule has 1 heterocycles. The number of furan rings is 1. The first-order chi connectivity index (χ1) is 10.9. The number of carbonyl (C=O) groups is 1. The largest absolute Gasteiger partial charge is 0.497 e. The van der Waals surface area contributed by atoms with Gasteiger partial charge in [-0.15, -0.1) is 0 Å². The minimum absolute atomic E-state index is 0.0619. The average molecular weight is 317 g/mol. The van der Waals surface area contributed by atoms with Gasteiger partial charge in [0.15, 0.2) is 6.10 Å². The molecule has 0 radical (unpaired) electrons. The summed E-state index contributed by atoms with van der Waals surface area (Å²) in [5.41, 5.74) is 0.510. The molecule has 1 amide bonds. The molecule has 2 rings (SSSR count). The van der Waals surface area contributed by atoms with Gasteiger partial charge < -0.3 is 19.2 Å². The molecular weight excluding hydrogens is 294 g/mol. The first-order valence-corrected chi connectivity index (χ1v) is 7.60. The zero-order valence-corrected chi connectivity index (χ0v) is 13.9. The van der Waals surface area contributed by atoms with Crippen LogP contribution in [0.2, 0.25) is 0 Å². The van der Waals surface area contributed by atoms with Crippen molar-refractivity contribution in [2.24, 2.45) is 0 Å². The maximum absolute atomic E-state index is 12.7. The molecule has 0 aliphatic rings. The topological polar surface area (TPSA) is 62.9 Å². The van der Waals surface area contributed by atoms with Crippen LogP contribution in [0.15, 0.2) is 40.8 Å². The molecule has 23 heavy (non-hydrogen) atoms. The summed E-state index contributed by atoms with van der Waals surface area (Å²) in [4.78, 5) is 14.3. The number of carbonyl (C=O) groups excluding carboxylic acids is 1. The predicted octanol–water partition coefficient (Wildman–Crippen LogP) is 3.07. The molecule has 0 fully saturated rings. The van der Waals surface area contributed by atoms with E-state index in [4.69, 9.17) is 9.15 Å². The molecule has 0 spiro atoms. The van der Waals surface area contributed by atoms with Gasteiger partial charge in [0, 0.05) is 6.04 Å². The van der Waals surface area contributed by atoms with Crippen LogP contribution < -0.4 is 4.74 Å². The maximum atomic E-state index is 12.7. The van der Waals surface area contributed by atoms with Gasteiger partial charge in [0.2, 0.25) is 0 Å².